The minimum absolute atomic E-state index is 0.114. The molecular weight excluding hydrogens is 242 g/mol. The Kier molecular flexibility index (Phi) is 4.87. The van der Waals surface area contributed by atoms with E-state index >= 15 is 0 Å². The molecule has 0 atom stereocenters. The summed E-state index contributed by atoms with van der Waals surface area (Å²) in [5, 5.41) is 11.4. The van der Waals surface area contributed by atoms with Crippen molar-refractivity contribution in [2.24, 2.45) is 0 Å². The van der Waals surface area contributed by atoms with Crippen LogP contribution in [0.4, 0.5) is 0 Å². The summed E-state index contributed by atoms with van der Waals surface area (Å²) >= 11 is 0. The maximum atomic E-state index is 11.7. The molecule has 1 rings (SSSR count). The number of rotatable bonds is 5. The molecule has 0 bridgehead atoms. The predicted molar refractivity (Wildman–Crippen MR) is 74.7 cm³/mol. The third-order valence-electron chi connectivity index (χ3n) is 2.66. The molecule has 0 fully saturated rings. The highest BCUT2D eigenvalue weighted by Crippen LogP contribution is 2.10. The number of carbonyl (C=O) groups is 2. The highest BCUT2D eigenvalue weighted by molar-refractivity contribution is 5.92. The molecule has 1 aromatic rings. The van der Waals surface area contributed by atoms with Crippen molar-refractivity contribution in [2.75, 3.05) is 0 Å². The first-order valence-electron chi connectivity index (χ1n) is 6.08. The number of benzene rings is 1. The Morgan fingerprint density at radius 2 is 1.95 bits per heavy atom. The molecule has 19 heavy (non-hydrogen) atoms. The smallest absolute Gasteiger partial charge is 0.305 e. The number of carbonyl (C=O) groups excluding carboxylic acids is 1. The van der Waals surface area contributed by atoms with E-state index < -0.39 is 11.5 Å². The van der Waals surface area contributed by atoms with Gasteiger partial charge in [0.2, 0.25) is 5.91 Å². The van der Waals surface area contributed by atoms with Crippen LogP contribution in [-0.2, 0) is 9.59 Å². The Balaban J connectivity index is 2.66. The standard InChI is InChI=1S/C15H19NO3/c1-11-6-4-5-7-12(11)8-9-13(17)16-15(2,3)10-14(18)19/h4-9H,10H2,1-3H3,(H,16,17)(H,18,19). The minimum atomic E-state index is -0.937. The second kappa shape index (κ2) is 6.18. The van der Waals surface area contributed by atoms with Crippen molar-refractivity contribution in [3.05, 3.63) is 41.5 Å². The fourth-order valence-electron chi connectivity index (χ4n) is 1.74. The van der Waals surface area contributed by atoms with Gasteiger partial charge < -0.3 is 10.4 Å². The summed E-state index contributed by atoms with van der Waals surface area (Å²) < 4.78 is 0. The van der Waals surface area contributed by atoms with E-state index in [4.69, 9.17) is 5.11 Å². The van der Waals surface area contributed by atoms with E-state index in [1.165, 1.54) is 6.08 Å². The van der Waals surface area contributed by atoms with Gasteiger partial charge in [0.25, 0.3) is 0 Å². The van der Waals surface area contributed by atoms with Gasteiger partial charge in [-0.25, -0.2) is 0 Å². The third kappa shape index (κ3) is 5.38. The van der Waals surface area contributed by atoms with Crippen LogP contribution >= 0.6 is 0 Å². The molecule has 0 heterocycles. The Morgan fingerprint density at radius 1 is 1.32 bits per heavy atom. The van der Waals surface area contributed by atoms with Crippen molar-refractivity contribution in [3.8, 4) is 0 Å². The maximum absolute atomic E-state index is 11.7. The summed E-state index contributed by atoms with van der Waals surface area (Å²) in [6, 6.07) is 7.72. The molecule has 0 radical (unpaired) electrons. The van der Waals surface area contributed by atoms with E-state index in [1.807, 2.05) is 31.2 Å². The average molecular weight is 261 g/mol. The molecule has 4 heteroatoms. The van der Waals surface area contributed by atoms with Crippen LogP contribution in [0.25, 0.3) is 6.08 Å². The lowest BCUT2D eigenvalue weighted by Crippen LogP contribution is -2.44. The topological polar surface area (TPSA) is 66.4 Å². The van der Waals surface area contributed by atoms with Crippen LogP contribution in [0.2, 0.25) is 0 Å². The van der Waals surface area contributed by atoms with Gasteiger partial charge in [-0.05, 0) is 38.0 Å². The van der Waals surface area contributed by atoms with Crippen molar-refractivity contribution in [1.29, 1.82) is 0 Å². The number of nitrogens with one attached hydrogen (secondary N) is 1. The molecule has 4 nitrogen and oxygen atoms in total. The quantitative estimate of drug-likeness (QED) is 0.800. The predicted octanol–water partition coefficient (Wildman–Crippen LogP) is 2.38. The van der Waals surface area contributed by atoms with E-state index in [-0.39, 0.29) is 12.3 Å². The number of aryl methyl sites for hydroxylation is 1. The number of amides is 1. The van der Waals surface area contributed by atoms with Crippen molar-refractivity contribution in [2.45, 2.75) is 32.7 Å². The zero-order valence-electron chi connectivity index (χ0n) is 11.4. The van der Waals surface area contributed by atoms with Crippen LogP contribution in [-0.4, -0.2) is 22.5 Å². The molecule has 1 aromatic carbocycles. The lowest BCUT2D eigenvalue weighted by molar-refractivity contribution is -0.138. The van der Waals surface area contributed by atoms with Crippen LogP contribution in [0.1, 0.15) is 31.4 Å². The Hall–Kier alpha value is -2.10. The summed E-state index contributed by atoms with van der Waals surface area (Å²) in [5.74, 6) is -1.23. The first-order valence-corrected chi connectivity index (χ1v) is 6.08. The average Bonchev–Trinajstić information content (AvgIpc) is 2.25. The molecule has 0 unspecified atom stereocenters. The van der Waals surface area contributed by atoms with Crippen molar-refractivity contribution < 1.29 is 14.7 Å². The molecule has 2 N–H and O–H groups in total. The SMILES string of the molecule is Cc1ccccc1C=CC(=O)NC(C)(C)CC(=O)O. The van der Waals surface area contributed by atoms with E-state index in [0.29, 0.717) is 0 Å². The Bertz CT molecular complexity index is 504. The van der Waals surface area contributed by atoms with E-state index in [9.17, 15) is 9.59 Å². The number of carboxylic acid groups (broad SMARTS) is 1. The highest BCUT2D eigenvalue weighted by atomic mass is 16.4. The maximum Gasteiger partial charge on any atom is 0.305 e. The van der Waals surface area contributed by atoms with Gasteiger partial charge in [0, 0.05) is 11.6 Å². The Morgan fingerprint density at radius 3 is 2.53 bits per heavy atom. The summed E-state index contributed by atoms with van der Waals surface area (Å²) in [6.07, 6.45) is 3.03. The number of hydrogen-bond donors (Lipinski definition) is 2. The van der Waals surface area contributed by atoms with E-state index in [1.54, 1.807) is 19.9 Å². The largest absolute Gasteiger partial charge is 0.481 e. The van der Waals surface area contributed by atoms with Gasteiger partial charge in [-0.2, -0.15) is 0 Å². The lowest BCUT2D eigenvalue weighted by Gasteiger charge is -2.23. The van der Waals surface area contributed by atoms with Gasteiger partial charge in [-0.3, -0.25) is 9.59 Å². The summed E-state index contributed by atoms with van der Waals surface area (Å²) in [6.45, 7) is 5.33. The fraction of sp³-hybridized carbons (Fsp3) is 0.333. The van der Waals surface area contributed by atoms with Crippen molar-refractivity contribution >= 4 is 18.0 Å². The van der Waals surface area contributed by atoms with Crippen LogP contribution in [0.3, 0.4) is 0 Å². The van der Waals surface area contributed by atoms with Crippen molar-refractivity contribution in [3.63, 3.8) is 0 Å². The van der Waals surface area contributed by atoms with Crippen LogP contribution in [0, 0.1) is 6.92 Å². The molecule has 0 spiro atoms. The molecule has 1 amide bonds. The molecule has 0 aliphatic heterocycles. The summed E-state index contributed by atoms with van der Waals surface area (Å²) in [4.78, 5) is 22.4. The van der Waals surface area contributed by atoms with E-state index in [2.05, 4.69) is 5.32 Å². The second-order valence-electron chi connectivity index (χ2n) is 5.13. The molecule has 102 valence electrons. The van der Waals surface area contributed by atoms with Gasteiger partial charge >= 0.3 is 5.97 Å². The Labute approximate surface area is 113 Å². The van der Waals surface area contributed by atoms with Gasteiger partial charge in [-0.1, -0.05) is 24.3 Å². The molecule has 0 aromatic heterocycles. The number of aliphatic carboxylic acids is 1. The normalized spacial score (nSPS) is 11.5. The minimum Gasteiger partial charge on any atom is -0.481 e. The molecule has 0 aliphatic carbocycles. The van der Waals surface area contributed by atoms with Gasteiger partial charge in [0.1, 0.15) is 0 Å². The zero-order valence-corrected chi connectivity index (χ0v) is 11.4. The lowest BCUT2D eigenvalue weighted by atomic mass is 10.0. The second-order valence-corrected chi connectivity index (χ2v) is 5.13. The number of carboxylic acids is 1. The third-order valence-corrected chi connectivity index (χ3v) is 2.66. The molecule has 0 aliphatic rings. The van der Waals surface area contributed by atoms with Crippen LogP contribution in [0.15, 0.2) is 30.3 Å². The van der Waals surface area contributed by atoms with Gasteiger partial charge in [0.05, 0.1) is 6.42 Å². The monoisotopic (exact) mass is 261 g/mol. The van der Waals surface area contributed by atoms with Crippen LogP contribution < -0.4 is 5.32 Å². The van der Waals surface area contributed by atoms with Gasteiger partial charge in [0.15, 0.2) is 0 Å². The first kappa shape index (κ1) is 15.0. The number of hydrogen-bond acceptors (Lipinski definition) is 2. The fourth-order valence-corrected chi connectivity index (χ4v) is 1.74. The van der Waals surface area contributed by atoms with Gasteiger partial charge in [-0.15, -0.1) is 0 Å². The molecular formula is C15H19NO3. The molecule has 0 saturated carbocycles. The van der Waals surface area contributed by atoms with Crippen LogP contribution in [0.5, 0.6) is 0 Å². The van der Waals surface area contributed by atoms with E-state index in [0.717, 1.165) is 11.1 Å². The van der Waals surface area contributed by atoms with Crippen molar-refractivity contribution in [1.82, 2.24) is 5.32 Å². The molecule has 0 saturated heterocycles. The first-order chi connectivity index (χ1) is 8.80. The summed E-state index contributed by atoms with van der Waals surface area (Å²) in [5.41, 5.74) is 1.28. The zero-order chi connectivity index (χ0) is 14.5. The summed E-state index contributed by atoms with van der Waals surface area (Å²) in [7, 11) is 0. The highest BCUT2D eigenvalue weighted by Gasteiger charge is 2.22.